The van der Waals surface area contributed by atoms with Gasteiger partial charge in [0.05, 0.1) is 16.9 Å². The van der Waals surface area contributed by atoms with Crippen molar-refractivity contribution in [2.24, 2.45) is 0 Å². The Morgan fingerprint density at radius 2 is 2.20 bits per heavy atom. The van der Waals surface area contributed by atoms with Crippen LogP contribution in [-0.2, 0) is 6.42 Å². The zero-order chi connectivity index (χ0) is 14.5. The fourth-order valence-corrected chi connectivity index (χ4v) is 2.79. The highest BCUT2D eigenvalue weighted by Crippen LogP contribution is 2.23. The molecule has 0 saturated carbocycles. The van der Waals surface area contributed by atoms with Crippen molar-refractivity contribution in [3.05, 3.63) is 34.6 Å². The molecule has 0 radical (unpaired) electrons. The van der Waals surface area contributed by atoms with Crippen molar-refractivity contribution in [1.29, 1.82) is 0 Å². The van der Waals surface area contributed by atoms with Gasteiger partial charge in [0.25, 0.3) is 5.91 Å². The van der Waals surface area contributed by atoms with Gasteiger partial charge in [-0.05, 0) is 26.3 Å². The zero-order valence-corrected chi connectivity index (χ0v) is 12.7. The number of amides is 1. The summed E-state index contributed by atoms with van der Waals surface area (Å²) in [5.74, 6) is -0.189. The van der Waals surface area contributed by atoms with Gasteiger partial charge < -0.3 is 5.32 Å². The second-order valence-corrected chi connectivity index (χ2v) is 5.48. The molecule has 2 rings (SSSR count). The Bertz CT molecular complexity index is 609. The van der Waals surface area contributed by atoms with Gasteiger partial charge in [0.15, 0.2) is 5.13 Å². The summed E-state index contributed by atoms with van der Waals surface area (Å²) >= 11 is 1.50. The normalized spacial score (nSPS) is 10.3. The molecule has 0 aliphatic heterocycles. The van der Waals surface area contributed by atoms with Crippen LogP contribution in [0.2, 0.25) is 0 Å². The molecule has 2 aromatic rings. The summed E-state index contributed by atoms with van der Waals surface area (Å²) in [5, 5.41) is 6.63. The van der Waals surface area contributed by atoms with Crippen molar-refractivity contribution in [2.45, 2.75) is 27.2 Å². The lowest BCUT2D eigenvalue weighted by molar-refractivity contribution is 0.102. The molecule has 0 aromatic carbocycles. The van der Waals surface area contributed by atoms with Crippen molar-refractivity contribution in [2.75, 3.05) is 17.2 Å². The van der Waals surface area contributed by atoms with Crippen LogP contribution in [0.3, 0.4) is 0 Å². The first kappa shape index (κ1) is 14.5. The van der Waals surface area contributed by atoms with Crippen molar-refractivity contribution in [3.63, 3.8) is 0 Å². The van der Waals surface area contributed by atoms with Gasteiger partial charge >= 0.3 is 0 Å². The summed E-state index contributed by atoms with van der Waals surface area (Å²) in [6.45, 7) is 6.80. The quantitative estimate of drug-likeness (QED) is 0.888. The second kappa shape index (κ2) is 6.47. The van der Waals surface area contributed by atoms with E-state index < -0.39 is 0 Å². The Hall–Kier alpha value is -1.95. The maximum absolute atomic E-state index is 12.3. The number of carbonyl (C=O) groups excluding carboxylic acids is 1. The Balaban J connectivity index is 2.19. The molecule has 5 nitrogen and oxygen atoms in total. The molecule has 0 spiro atoms. The van der Waals surface area contributed by atoms with E-state index in [4.69, 9.17) is 0 Å². The summed E-state index contributed by atoms with van der Waals surface area (Å²) in [6.07, 6.45) is 4.10. The molecule has 1 amide bonds. The number of thiazole rings is 1. The Morgan fingerprint density at radius 3 is 2.85 bits per heavy atom. The van der Waals surface area contributed by atoms with Gasteiger partial charge in [0.1, 0.15) is 0 Å². The van der Waals surface area contributed by atoms with Crippen molar-refractivity contribution < 1.29 is 4.79 Å². The number of nitrogens with one attached hydrogen (secondary N) is 2. The molecule has 2 aromatic heterocycles. The van der Waals surface area contributed by atoms with Gasteiger partial charge in [-0.3, -0.25) is 15.1 Å². The highest BCUT2D eigenvalue weighted by molar-refractivity contribution is 7.15. The van der Waals surface area contributed by atoms with Crippen LogP contribution in [-0.4, -0.2) is 22.4 Å². The minimum Gasteiger partial charge on any atom is -0.385 e. The number of carbonyl (C=O) groups is 1. The van der Waals surface area contributed by atoms with Crippen LogP contribution in [0.5, 0.6) is 0 Å². The van der Waals surface area contributed by atoms with Gasteiger partial charge in [0.2, 0.25) is 0 Å². The highest BCUT2D eigenvalue weighted by Gasteiger charge is 2.14. The maximum Gasteiger partial charge on any atom is 0.261 e. The van der Waals surface area contributed by atoms with Crippen LogP contribution < -0.4 is 10.6 Å². The molecular weight excluding hydrogens is 272 g/mol. The number of aryl methyl sites for hydroxylation is 2. The summed E-state index contributed by atoms with van der Waals surface area (Å²) in [7, 11) is 0. The lowest BCUT2D eigenvalue weighted by Crippen LogP contribution is -2.15. The van der Waals surface area contributed by atoms with Gasteiger partial charge in [-0.1, -0.05) is 6.92 Å². The first-order chi connectivity index (χ1) is 9.65. The van der Waals surface area contributed by atoms with Crippen LogP contribution in [0.4, 0.5) is 10.8 Å². The zero-order valence-electron chi connectivity index (χ0n) is 11.9. The average molecular weight is 290 g/mol. The number of rotatable bonds is 5. The minimum atomic E-state index is -0.189. The van der Waals surface area contributed by atoms with E-state index in [1.807, 2.05) is 13.8 Å². The third-order valence-electron chi connectivity index (χ3n) is 2.88. The summed E-state index contributed by atoms with van der Waals surface area (Å²) in [6, 6.07) is 1.79. The molecule has 106 valence electrons. The van der Waals surface area contributed by atoms with Crippen LogP contribution in [0.25, 0.3) is 0 Å². The highest BCUT2D eigenvalue weighted by atomic mass is 32.1. The molecule has 2 heterocycles. The van der Waals surface area contributed by atoms with Crippen molar-refractivity contribution in [1.82, 2.24) is 9.97 Å². The van der Waals surface area contributed by atoms with Crippen LogP contribution in [0.1, 0.15) is 34.8 Å². The van der Waals surface area contributed by atoms with Gasteiger partial charge in [-0.25, -0.2) is 4.98 Å². The lowest BCUT2D eigenvalue weighted by atomic mass is 10.2. The third-order valence-corrected chi connectivity index (χ3v) is 3.81. The third kappa shape index (κ3) is 3.14. The van der Waals surface area contributed by atoms with Crippen LogP contribution in [0.15, 0.2) is 18.5 Å². The SMILES string of the molecule is CCNc1ccncc1C(=O)Nc1nc(CC)c(C)s1. The van der Waals surface area contributed by atoms with Gasteiger partial charge in [-0.2, -0.15) is 0 Å². The van der Waals surface area contributed by atoms with E-state index in [0.29, 0.717) is 10.7 Å². The first-order valence-corrected chi connectivity index (χ1v) is 7.42. The topological polar surface area (TPSA) is 66.9 Å². The largest absolute Gasteiger partial charge is 0.385 e. The van der Waals surface area contributed by atoms with E-state index in [1.54, 1.807) is 18.5 Å². The Kier molecular flexibility index (Phi) is 4.68. The van der Waals surface area contributed by atoms with E-state index in [2.05, 4.69) is 27.5 Å². The van der Waals surface area contributed by atoms with Crippen molar-refractivity contribution in [3.8, 4) is 0 Å². The molecule has 2 N–H and O–H groups in total. The molecular formula is C14H18N4OS. The predicted octanol–water partition coefficient (Wildman–Crippen LogP) is 3.09. The summed E-state index contributed by atoms with van der Waals surface area (Å²) in [5.41, 5.74) is 2.34. The lowest BCUT2D eigenvalue weighted by Gasteiger charge is -2.08. The molecule has 20 heavy (non-hydrogen) atoms. The molecule has 6 heteroatoms. The average Bonchev–Trinajstić information content (AvgIpc) is 2.79. The number of hydrogen-bond acceptors (Lipinski definition) is 5. The Morgan fingerprint density at radius 1 is 1.40 bits per heavy atom. The second-order valence-electron chi connectivity index (χ2n) is 4.28. The fourth-order valence-electron chi connectivity index (χ4n) is 1.89. The van der Waals surface area contributed by atoms with Crippen LogP contribution in [0, 0.1) is 6.92 Å². The van der Waals surface area contributed by atoms with Crippen LogP contribution >= 0.6 is 11.3 Å². The standard InChI is InChI=1S/C14H18N4OS/c1-4-11-9(3)20-14(17-11)18-13(19)10-8-15-7-6-12(10)16-5-2/h6-8H,4-5H2,1-3H3,(H,15,16)(H,17,18,19). The van der Waals surface area contributed by atoms with E-state index >= 15 is 0 Å². The molecule has 0 saturated heterocycles. The maximum atomic E-state index is 12.3. The molecule has 0 aliphatic carbocycles. The van der Waals surface area contributed by atoms with Gasteiger partial charge in [-0.15, -0.1) is 11.3 Å². The predicted molar refractivity (Wildman–Crippen MR) is 82.6 cm³/mol. The smallest absolute Gasteiger partial charge is 0.261 e. The fraction of sp³-hybridized carbons (Fsp3) is 0.357. The Labute approximate surface area is 122 Å². The summed E-state index contributed by atoms with van der Waals surface area (Å²) < 4.78 is 0. The first-order valence-electron chi connectivity index (χ1n) is 6.61. The van der Waals surface area contributed by atoms with Crippen molar-refractivity contribution >= 4 is 28.1 Å². The minimum absolute atomic E-state index is 0.189. The summed E-state index contributed by atoms with van der Waals surface area (Å²) in [4.78, 5) is 21.9. The molecule has 0 atom stereocenters. The molecule has 0 bridgehead atoms. The van der Waals surface area contributed by atoms with E-state index in [-0.39, 0.29) is 5.91 Å². The molecule has 0 fully saturated rings. The number of anilines is 2. The van der Waals surface area contributed by atoms with E-state index in [0.717, 1.165) is 29.2 Å². The van der Waals surface area contributed by atoms with Gasteiger partial charge in [0, 0.05) is 23.8 Å². The monoisotopic (exact) mass is 290 g/mol. The van der Waals surface area contributed by atoms with E-state index in [9.17, 15) is 4.79 Å². The number of aromatic nitrogens is 2. The number of nitrogens with zero attached hydrogens (tertiary/aromatic N) is 2. The molecule has 0 aliphatic rings. The molecule has 0 unspecified atom stereocenters. The number of hydrogen-bond donors (Lipinski definition) is 2. The van der Waals surface area contributed by atoms with E-state index in [1.165, 1.54) is 11.3 Å². The number of pyridine rings is 1.